The highest BCUT2D eigenvalue weighted by Crippen LogP contribution is 2.33. The van der Waals surface area contributed by atoms with Crippen molar-refractivity contribution in [3.63, 3.8) is 0 Å². The van der Waals surface area contributed by atoms with Crippen LogP contribution in [0.1, 0.15) is 22.8 Å². The van der Waals surface area contributed by atoms with Crippen molar-refractivity contribution in [2.24, 2.45) is 0 Å². The topological polar surface area (TPSA) is 60.9 Å². The van der Waals surface area contributed by atoms with Crippen LogP contribution < -0.4 is 0 Å². The molecule has 0 saturated heterocycles. The smallest absolute Gasteiger partial charge is 0.141 e. The van der Waals surface area contributed by atoms with Crippen LogP contribution in [0.15, 0.2) is 51.9 Å². The fourth-order valence-electron chi connectivity index (χ4n) is 3.53. The molecule has 0 fully saturated rings. The molecule has 0 radical (unpaired) electrons. The van der Waals surface area contributed by atoms with Gasteiger partial charge in [-0.25, -0.2) is 4.98 Å². The predicted molar refractivity (Wildman–Crippen MR) is 107 cm³/mol. The Morgan fingerprint density at radius 2 is 1.85 bits per heavy atom. The van der Waals surface area contributed by atoms with E-state index in [0.29, 0.717) is 6.54 Å². The monoisotopic (exact) mass is 379 g/mol. The lowest BCUT2D eigenvalue weighted by atomic mass is 10.0. The standard InChI is InChI=1S/C21H21N3O2S/c1-13-20(14(2)26-23-13)17-10-18-21(19(11-17)27(4)25)22-15(3)24(18)12-16-8-6-5-7-9-16/h5-11H,12H2,1-4H3. The quantitative estimate of drug-likeness (QED) is 0.527. The Morgan fingerprint density at radius 3 is 2.48 bits per heavy atom. The second kappa shape index (κ2) is 6.78. The molecule has 2 aromatic carbocycles. The van der Waals surface area contributed by atoms with Gasteiger partial charge in [0, 0.05) is 18.4 Å². The van der Waals surface area contributed by atoms with Crippen molar-refractivity contribution in [1.29, 1.82) is 0 Å². The lowest BCUT2D eigenvalue weighted by Crippen LogP contribution is -2.02. The number of aryl methyl sites for hydroxylation is 3. The first-order valence-corrected chi connectivity index (χ1v) is 10.3. The first-order chi connectivity index (χ1) is 13.0. The Morgan fingerprint density at radius 1 is 1.11 bits per heavy atom. The molecule has 0 aliphatic heterocycles. The van der Waals surface area contributed by atoms with Gasteiger partial charge in [0.1, 0.15) is 17.1 Å². The Labute approximate surface area is 160 Å². The van der Waals surface area contributed by atoms with Crippen LogP contribution in [-0.4, -0.2) is 25.2 Å². The first-order valence-electron chi connectivity index (χ1n) is 8.77. The van der Waals surface area contributed by atoms with E-state index in [1.807, 2.05) is 45.0 Å². The molecule has 0 spiro atoms. The van der Waals surface area contributed by atoms with Crippen LogP contribution in [0, 0.1) is 20.8 Å². The molecule has 0 saturated carbocycles. The van der Waals surface area contributed by atoms with Crippen LogP contribution in [-0.2, 0) is 17.3 Å². The van der Waals surface area contributed by atoms with Crippen molar-refractivity contribution in [1.82, 2.24) is 14.7 Å². The average molecular weight is 379 g/mol. The molecule has 2 heterocycles. The number of rotatable bonds is 4. The number of aromatic nitrogens is 3. The van der Waals surface area contributed by atoms with Gasteiger partial charge in [0.15, 0.2) is 0 Å². The summed E-state index contributed by atoms with van der Waals surface area (Å²) in [7, 11) is -1.16. The molecule has 27 heavy (non-hydrogen) atoms. The van der Waals surface area contributed by atoms with Gasteiger partial charge in [0.25, 0.3) is 0 Å². The largest absolute Gasteiger partial charge is 0.361 e. The Hall–Kier alpha value is -2.73. The number of fused-ring (bicyclic) bond motifs is 1. The van der Waals surface area contributed by atoms with Gasteiger partial charge < -0.3 is 9.09 Å². The molecule has 4 aromatic rings. The van der Waals surface area contributed by atoms with Gasteiger partial charge >= 0.3 is 0 Å². The van der Waals surface area contributed by atoms with Crippen molar-refractivity contribution in [2.45, 2.75) is 32.2 Å². The Bertz CT molecular complexity index is 1140. The Kier molecular flexibility index (Phi) is 4.44. The molecule has 138 valence electrons. The summed E-state index contributed by atoms with van der Waals surface area (Å²) in [6.45, 7) is 6.52. The van der Waals surface area contributed by atoms with E-state index in [0.717, 1.165) is 44.3 Å². The molecule has 0 aliphatic carbocycles. The zero-order chi connectivity index (χ0) is 19.1. The van der Waals surface area contributed by atoms with E-state index in [4.69, 9.17) is 9.51 Å². The summed E-state index contributed by atoms with van der Waals surface area (Å²) < 4.78 is 20.0. The van der Waals surface area contributed by atoms with Crippen LogP contribution in [0.5, 0.6) is 0 Å². The van der Waals surface area contributed by atoms with Crippen LogP contribution in [0.2, 0.25) is 0 Å². The van der Waals surface area contributed by atoms with Crippen LogP contribution in [0.3, 0.4) is 0 Å². The molecule has 1 atom stereocenters. The maximum atomic E-state index is 12.5. The van der Waals surface area contributed by atoms with Gasteiger partial charge in [-0.05, 0) is 44.0 Å². The van der Waals surface area contributed by atoms with Crippen LogP contribution >= 0.6 is 0 Å². The van der Waals surface area contributed by atoms with E-state index in [9.17, 15) is 4.21 Å². The second-order valence-electron chi connectivity index (χ2n) is 6.73. The normalized spacial score (nSPS) is 12.6. The number of benzene rings is 2. The fraction of sp³-hybridized carbons (Fsp3) is 0.238. The molecule has 2 aromatic heterocycles. The molecule has 5 nitrogen and oxygen atoms in total. The molecule has 6 heteroatoms. The molecule has 1 unspecified atom stereocenters. The van der Waals surface area contributed by atoms with E-state index in [1.165, 1.54) is 5.56 Å². The Balaban J connectivity index is 1.98. The summed E-state index contributed by atoms with van der Waals surface area (Å²) in [5.41, 5.74) is 5.69. The molecule has 4 rings (SSSR count). The minimum Gasteiger partial charge on any atom is -0.361 e. The van der Waals surface area contributed by atoms with Crippen molar-refractivity contribution >= 4 is 21.8 Å². The third-order valence-corrected chi connectivity index (χ3v) is 5.76. The van der Waals surface area contributed by atoms with E-state index in [1.54, 1.807) is 6.26 Å². The van der Waals surface area contributed by atoms with Gasteiger partial charge in [0.05, 0.1) is 26.9 Å². The van der Waals surface area contributed by atoms with Crippen LogP contribution in [0.4, 0.5) is 0 Å². The van der Waals surface area contributed by atoms with E-state index in [-0.39, 0.29) is 0 Å². The molecular weight excluding hydrogens is 358 g/mol. The predicted octanol–water partition coefficient (Wildman–Crippen LogP) is 4.40. The molecular formula is C21H21N3O2S. The molecule has 0 N–H and O–H groups in total. The van der Waals surface area contributed by atoms with Gasteiger partial charge in [-0.1, -0.05) is 35.5 Å². The minimum atomic E-state index is -1.16. The zero-order valence-corrected chi connectivity index (χ0v) is 16.6. The molecule has 0 aliphatic rings. The summed E-state index contributed by atoms with van der Waals surface area (Å²) in [5.74, 6) is 1.65. The highest BCUT2D eigenvalue weighted by molar-refractivity contribution is 7.84. The van der Waals surface area contributed by atoms with Crippen molar-refractivity contribution in [3.05, 3.63) is 65.3 Å². The van der Waals surface area contributed by atoms with Gasteiger partial charge in [-0.15, -0.1) is 0 Å². The number of hydrogen-bond donors (Lipinski definition) is 0. The SMILES string of the molecule is Cc1noc(C)c1-c1cc(S(C)=O)c2nc(C)n(Cc3ccccc3)c2c1. The lowest BCUT2D eigenvalue weighted by molar-refractivity contribution is 0.393. The summed E-state index contributed by atoms with van der Waals surface area (Å²) in [5, 5.41) is 4.07. The van der Waals surface area contributed by atoms with Crippen molar-refractivity contribution < 1.29 is 8.73 Å². The first kappa shape index (κ1) is 17.7. The summed E-state index contributed by atoms with van der Waals surface area (Å²) in [6.07, 6.45) is 1.69. The average Bonchev–Trinajstić information content (AvgIpc) is 3.14. The van der Waals surface area contributed by atoms with Gasteiger partial charge in [-0.2, -0.15) is 0 Å². The van der Waals surface area contributed by atoms with Crippen molar-refractivity contribution in [2.75, 3.05) is 6.26 Å². The summed E-state index contributed by atoms with van der Waals surface area (Å²) in [4.78, 5) is 5.46. The van der Waals surface area contributed by atoms with Gasteiger partial charge in [0.2, 0.25) is 0 Å². The van der Waals surface area contributed by atoms with E-state index < -0.39 is 10.8 Å². The number of nitrogens with zero attached hydrogens (tertiary/aromatic N) is 3. The van der Waals surface area contributed by atoms with E-state index in [2.05, 4.69) is 27.9 Å². The minimum absolute atomic E-state index is 0.712. The highest BCUT2D eigenvalue weighted by Gasteiger charge is 2.19. The van der Waals surface area contributed by atoms with Gasteiger partial charge in [-0.3, -0.25) is 4.21 Å². The summed E-state index contributed by atoms with van der Waals surface area (Å²) in [6, 6.07) is 14.3. The fourth-order valence-corrected chi connectivity index (χ4v) is 4.25. The third-order valence-electron chi connectivity index (χ3n) is 4.83. The lowest BCUT2D eigenvalue weighted by Gasteiger charge is -2.10. The van der Waals surface area contributed by atoms with Crippen molar-refractivity contribution in [3.8, 4) is 11.1 Å². The third kappa shape index (κ3) is 3.10. The number of hydrogen-bond acceptors (Lipinski definition) is 4. The highest BCUT2D eigenvalue weighted by atomic mass is 32.2. The molecule has 0 amide bonds. The summed E-state index contributed by atoms with van der Waals surface area (Å²) >= 11 is 0. The van der Waals surface area contributed by atoms with Crippen LogP contribution in [0.25, 0.3) is 22.2 Å². The number of imidazole rings is 1. The second-order valence-corrected chi connectivity index (χ2v) is 8.07. The maximum Gasteiger partial charge on any atom is 0.141 e. The zero-order valence-electron chi connectivity index (χ0n) is 15.8. The molecule has 0 bridgehead atoms. The maximum absolute atomic E-state index is 12.5. The van der Waals surface area contributed by atoms with E-state index >= 15 is 0 Å².